The van der Waals surface area contributed by atoms with Crippen LogP contribution in [0.15, 0.2) is 47.4 Å². The van der Waals surface area contributed by atoms with Crippen molar-refractivity contribution in [3.8, 4) is 11.5 Å². The third-order valence-electron chi connectivity index (χ3n) is 4.36. The van der Waals surface area contributed by atoms with Gasteiger partial charge >= 0.3 is 0 Å². The van der Waals surface area contributed by atoms with Crippen LogP contribution in [0.1, 0.15) is 24.1 Å². The fourth-order valence-corrected chi connectivity index (χ4v) is 4.25. The number of carbonyl (C=O) groups excluding carboxylic acids is 1. The number of thioether (sulfide) groups is 1. The van der Waals surface area contributed by atoms with E-state index in [1.807, 2.05) is 37.3 Å². The predicted molar refractivity (Wildman–Crippen MR) is 93.8 cm³/mol. The lowest BCUT2D eigenvalue weighted by Crippen LogP contribution is -2.34. The summed E-state index contributed by atoms with van der Waals surface area (Å²) in [5.41, 5.74) is 2.28. The second-order valence-electron chi connectivity index (χ2n) is 6.05. The molecule has 2 atom stereocenters. The van der Waals surface area contributed by atoms with Crippen molar-refractivity contribution in [3.05, 3.63) is 53.6 Å². The molecule has 0 spiro atoms. The van der Waals surface area contributed by atoms with Gasteiger partial charge in [0.1, 0.15) is 13.2 Å². The van der Waals surface area contributed by atoms with Crippen LogP contribution >= 0.6 is 11.8 Å². The number of ether oxygens (including phenoxy) is 2. The Hall–Kier alpha value is -2.14. The summed E-state index contributed by atoms with van der Waals surface area (Å²) in [4.78, 5) is 13.8. The van der Waals surface area contributed by atoms with Crippen molar-refractivity contribution in [2.45, 2.75) is 29.5 Å². The zero-order valence-electron chi connectivity index (χ0n) is 13.5. The molecule has 24 heavy (non-hydrogen) atoms. The van der Waals surface area contributed by atoms with Crippen LogP contribution in [0, 0.1) is 0 Å². The van der Waals surface area contributed by atoms with Crippen LogP contribution in [0.5, 0.6) is 11.5 Å². The number of fused-ring (bicyclic) bond motifs is 2. The van der Waals surface area contributed by atoms with Gasteiger partial charge in [0.25, 0.3) is 0 Å². The number of hydrogen-bond acceptors (Lipinski definition) is 4. The molecule has 0 fully saturated rings. The normalized spacial score (nSPS) is 19.5. The van der Waals surface area contributed by atoms with Crippen LogP contribution in [0.25, 0.3) is 0 Å². The van der Waals surface area contributed by atoms with Crippen molar-refractivity contribution >= 4 is 17.7 Å². The van der Waals surface area contributed by atoms with Gasteiger partial charge in [-0.2, -0.15) is 0 Å². The van der Waals surface area contributed by atoms with E-state index in [9.17, 15) is 4.79 Å². The van der Waals surface area contributed by atoms with Gasteiger partial charge in [-0.25, -0.2) is 0 Å². The molecule has 2 heterocycles. The average molecular weight is 341 g/mol. The summed E-state index contributed by atoms with van der Waals surface area (Å²) in [6.45, 7) is 3.14. The summed E-state index contributed by atoms with van der Waals surface area (Å²) in [5, 5.41) is 3.07. The molecule has 0 saturated heterocycles. The van der Waals surface area contributed by atoms with E-state index in [1.54, 1.807) is 11.8 Å². The van der Waals surface area contributed by atoms with Gasteiger partial charge in [-0.1, -0.05) is 24.3 Å². The topological polar surface area (TPSA) is 47.6 Å². The van der Waals surface area contributed by atoms with Crippen molar-refractivity contribution in [1.82, 2.24) is 5.32 Å². The number of benzene rings is 2. The summed E-state index contributed by atoms with van der Waals surface area (Å²) in [7, 11) is 0. The van der Waals surface area contributed by atoms with Crippen LogP contribution in [0.2, 0.25) is 0 Å². The Morgan fingerprint density at radius 3 is 2.79 bits per heavy atom. The second-order valence-corrected chi connectivity index (χ2v) is 7.30. The van der Waals surface area contributed by atoms with E-state index in [-0.39, 0.29) is 17.2 Å². The molecule has 0 aliphatic carbocycles. The Morgan fingerprint density at radius 1 is 1.17 bits per heavy atom. The highest BCUT2D eigenvalue weighted by atomic mass is 32.2. The lowest BCUT2D eigenvalue weighted by molar-refractivity contribution is -0.121. The van der Waals surface area contributed by atoms with Gasteiger partial charge in [-0.05, 0) is 42.7 Å². The summed E-state index contributed by atoms with van der Waals surface area (Å²) >= 11 is 1.65. The Labute approximate surface area is 145 Å². The van der Waals surface area contributed by atoms with Gasteiger partial charge in [-0.3, -0.25) is 4.79 Å². The Kier molecular flexibility index (Phi) is 4.10. The number of rotatable bonds is 3. The summed E-state index contributed by atoms with van der Waals surface area (Å²) < 4.78 is 11.2. The average Bonchev–Trinajstić information content (AvgIpc) is 3.05. The lowest BCUT2D eigenvalue weighted by Gasteiger charge is -2.21. The van der Waals surface area contributed by atoms with E-state index in [0.717, 1.165) is 23.5 Å². The maximum atomic E-state index is 12.6. The van der Waals surface area contributed by atoms with Gasteiger partial charge < -0.3 is 14.8 Å². The molecule has 2 unspecified atom stereocenters. The number of amides is 1. The molecule has 0 radical (unpaired) electrons. The predicted octanol–water partition coefficient (Wildman–Crippen LogP) is 3.35. The molecule has 124 valence electrons. The Morgan fingerprint density at radius 2 is 1.96 bits per heavy atom. The largest absolute Gasteiger partial charge is 0.486 e. The highest BCUT2D eigenvalue weighted by molar-refractivity contribution is 8.01. The molecule has 2 aliphatic heterocycles. The van der Waals surface area contributed by atoms with Crippen molar-refractivity contribution in [2.24, 2.45) is 0 Å². The van der Waals surface area contributed by atoms with Gasteiger partial charge in [0.2, 0.25) is 5.91 Å². The third-order valence-corrected chi connectivity index (χ3v) is 5.68. The maximum Gasteiger partial charge on any atom is 0.234 e. The van der Waals surface area contributed by atoms with Crippen molar-refractivity contribution in [2.75, 3.05) is 13.2 Å². The minimum atomic E-state index is -0.0716. The molecule has 0 saturated carbocycles. The molecule has 4 nitrogen and oxygen atoms in total. The van der Waals surface area contributed by atoms with Crippen molar-refractivity contribution in [1.29, 1.82) is 0 Å². The standard InChI is InChI=1S/C19H19NO3S/c1-12(13-6-7-15-16(10-13)23-9-8-22-15)20-19(21)18-11-14-4-2-3-5-17(14)24-18/h2-7,10,12,18H,8-9,11H2,1H3,(H,20,21). The number of hydrogen-bond donors (Lipinski definition) is 1. The number of carbonyl (C=O) groups is 1. The van der Waals surface area contributed by atoms with Gasteiger partial charge in [-0.15, -0.1) is 11.8 Å². The first-order valence-electron chi connectivity index (χ1n) is 8.15. The highest BCUT2D eigenvalue weighted by Gasteiger charge is 2.29. The monoisotopic (exact) mass is 341 g/mol. The first kappa shape index (κ1) is 15.4. The van der Waals surface area contributed by atoms with E-state index in [1.165, 1.54) is 10.5 Å². The quantitative estimate of drug-likeness (QED) is 0.930. The van der Waals surface area contributed by atoms with Crippen LogP contribution < -0.4 is 14.8 Å². The van der Waals surface area contributed by atoms with Crippen LogP contribution in [-0.2, 0) is 11.2 Å². The van der Waals surface area contributed by atoms with Gasteiger partial charge in [0.05, 0.1) is 11.3 Å². The summed E-state index contributed by atoms with van der Waals surface area (Å²) in [6, 6.07) is 14.0. The van der Waals surface area contributed by atoms with E-state index < -0.39 is 0 Å². The zero-order valence-corrected chi connectivity index (χ0v) is 14.3. The third kappa shape index (κ3) is 2.96. The van der Waals surface area contributed by atoms with E-state index >= 15 is 0 Å². The van der Waals surface area contributed by atoms with E-state index in [4.69, 9.17) is 9.47 Å². The Balaban J connectivity index is 1.43. The van der Waals surface area contributed by atoms with Gasteiger partial charge in [0.15, 0.2) is 11.5 Å². The smallest absolute Gasteiger partial charge is 0.234 e. The van der Waals surface area contributed by atoms with Crippen LogP contribution in [0.3, 0.4) is 0 Å². The fraction of sp³-hybridized carbons (Fsp3) is 0.316. The maximum absolute atomic E-state index is 12.6. The molecule has 1 N–H and O–H groups in total. The van der Waals surface area contributed by atoms with E-state index in [2.05, 4.69) is 17.4 Å². The van der Waals surface area contributed by atoms with Crippen molar-refractivity contribution in [3.63, 3.8) is 0 Å². The molecule has 2 aromatic rings. The van der Waals surface area contributed by atoms with E-state index in [0.29, 0.717) is 13.2 Å². The SMILES string of the molecule is CC(NC(=O)C1Cc2ccccc2S1)c1ccc2c(c1)OCCO2. The molecule has 0 aromatic heterocycles. The first-order valence-corrected chi connectivity index (χ1v) is 9.03. The minimum absolute atomic E-state index is 0.0536. The summed E-state index contributed by atoms with van der Waals surface area (Å²) in [5.74, 6) is 1.60. The second kappa shape index (κ2) is 6.40. The zero-order chi connectivity index (χ0) is 16.5. The number of nitrogens with one attached hydrogen (secondary N) is 1. The summed E-state index contributed by atoms with van der Waals surface area (Å²) in [6.07, 6.45) is 0.792. The molecule has 2 aromatic carbocycles. The molecule has 1 amide bonds. The highest BCUT2D eigenvalue weighted by Crippen LogP contribution is 2.37. The first-order chi connectivity index (χ1) is 11.7. The lowest BCUT2D eigenvalue weighted by atomic mass is 10.1. The Bertz CT molecular complexity index is 752. The fourth-order valence-electron chi connectivity index (χ4n) is 3.05. The molecular weight excluding hydrogens is 322 g/mol. The molecule has 5 heteroatoms. The molecule has 0 bridgehead atoms. The van der Waals surface area contributed by atoms with Crippen molar-refractivity contribution < 1.29 is 14.3 Å². The molecular formula is C19H19NO3S. The van der Waals surface area contributed by atoms with Crippen LogP contribution in [-0.4, -0.2) is 24.4 Å². The van der Waals surface area contributed by atoms with Gasteiger partial charge in [0, 0.05) is 4.90 Å². The van der Waals surface area contributed by atoms with Crippen LogP contribution in [0.4, 0.5) is 0 Å². The molecule has 2 aliphatic rings. The molecule has 4 rings (SSSR count). The minimum Gasteiger partial charge on any atom is -0.486 e.